The molecule has 2 fully saturated rings. The highest BCUT2D eigenvalue weighted by atomic mass is 19.4. The van der Waals surface area contributed by atoms with Gasteiger partial charge in [-0.2, -0.15) is 28.1 Å². The lowest BCUT2D eigenvalue weighted by Crippen LogP contribution is -2.49. The lowest BCUT2D eigenvalue weighted by atomic mass is 10.2. The Kier molecular flexibility index (Phi) is 7.22. The molecule has 2 saturated heterocycles. The van der Waals surface area contributed by atoms with Crippen molar-refractivity contribution in [2.45, 2.75) is 6.18 Å². The molecule has 0 radical (unpaired) electrons. The van der Waals surface area contributed by atoms with E-state index < -0.39 is 11.7 Å². The Morgan fingerprint density at radius 2 is 1.35 bits per heavy atom. The van der Waals surface area contributed by atoms with Crippen LogP contribution in [0.25, 0.3) is 11.4 Å². The van der Waals surface area contributed by atoms with Crippen molar-refractivity contribution in [1.29, 1.82) is 0 Å². The summed E-state index contributed by atoms with van der Waals surface area (Å²) in [5.41, 5.74) is 0.174. The van der Waals surface area contributed by atoms with E-state index in [1.54, 1.807) is 4.90 Å². The van der Waals surface area contributed by atoms with Gasteiger partial charge in [-0.05, 0) is 12.1 Å². The zero-order valence-corrected chi connectivity index (χ0v) is 20.5. The summed E-state index contributed by atoms with van der Waals surface area (Å²) in [6.45, 7) is 9.73. The van der Waals surface area contributed by atoms with Crippen molar-refractivity contribution in [3.05, 3.63) is 66.9 Å². The number of aromatic nitrogens is 4. The van der Waals surface area contributed by atoms with Crippen molar-refractivity contribution in [2.24, 2.45) is 0 Å². The predicted octanol–water partition coefficient (Wildman–Crippen LogP) is 3.59. The molecule has 0 atom stereocenters. The van der Waals surface area contributed by atoms with Crippen molar-refractivity contribution < 1.29 is 13.2 Å². The predicted molar refractivity (Wildman–Crippen MR) is 138 cm³/mol. The molecule has 1 aromatic carbocycles. The first kappa shape index (κ1) is 24.9. The average Bonchev–Trinajstić information content (AvgIpc) is 2.93. The second-order valence-electron chi connectivity index (χ2n) is 9.05. The molecule has 0 spiro atoms. The largest absolute Gasteiger partial charge is 0.419 e. The normalized spacial score (nSPS) is 17.2. The molecule has 8 nitrogen and oxygen atoms in total. The quantitative estimate of drug-likeness (QED) is 0.467. The molecule has 2 aliphatic rings. The second kappa shape index (κ2) is 10.7. The standard InChI is InChI=1S/C26H29F3N8/c1-2-11-34-12-14-36(15-13-34)24-31-22(20-7-4-3-5-8-20)32-25(33-24)37-18-16-35(17-19-37)23-21(26(27,28)29)9-6-10-30-23/h2-10H,1,11-19H2. The molecule has 0 aliphatic carbocycles. The smallest absolute Gasteiger partial charge is 0.353 e. The highest BCUT2D eigenvalue weighted by molar-refractivity contribution is 5.59. The third kappa shape index (κ3) is 5.66. The number of rotatable bonds is 6. The number of piperazine rings is 2. The van der Waals surface area contributed by atoms with Crippen LogP contribution in [0.3, 0.4) is 0 Å². The molecule has 2 aliphatic heterocycles. The SMILES string of the molecule is C=CCN1CCN(c2nc(-c3ccccc3)nc(N3CCN(c4ncccc4C(F)(F)F)CC3)n2)CC1. The van der Waals surface area contributed by atoms with E-state index in [1.807, 2.05) is 41.3 Å². The van der Waals surface area contributed by atoms with E-state index in [0.717, 1.165) is 44.4 Å². The first-order valence-corrected chi connectivity index (χ1v) is 12.3. The molecular weight excluding hydrogens is 481 g/mol. The summed E-state index contributed by atoms with van der Waals surface area (Å²) < 4.78 is 40.6. The Balaban J connectivity index is 1.38. The van der Waals surface area contributed by atoms with Crippen LogP contribution in [0.1, 0.15) is 5.56 Å². The van der Waals surface area contributed by atoms with Gasteiger partial charge in [0.2, 0.25) is 11.9 Å². The third-order valence-corrected chi connectivity index (χ3v) is 6.64. The number of hydrogen-bond donors (Lipinski definition) is 0. The molecule has 11 heteroatoms. The number of benzene rings is 1. The topological polar surface area (TPSA) is 64.5 Å². The molecule has 0 N–H and O–H groups in total. The van der Waals surface area contributed by atoms with Gasteiger partial charge in [0.15, 0.2) is 5.82 Å². The average molecular weight is 511 g/mol. The van der Waals surface area contributed by atoms with Gasteiger partial charge < -0.3 is 14.7 Å². The molecular formula is C26H29F3N8. The fraction of sp³-hybridized carbons (Fsp3) is 0.385. The van der Waals surface area contributed by atoms with Crippen LogP contribution < -0.4 is 14.7 Å². The first-order valence-electron chi connectivity index (χ1n) is 12.3. The highest BCUT2D eigenvalue weighted by Crippen LogP contribution is 2.35. The van der Waals surface area contributed by atoms with Crippen molar-refractivity contribution in [3.8, 4) is 11.4 Å². The fourth-order valence-corrected chi connectivity index (χ4v) is 4.65. The van der Waals surface area contributed by atoms with Crippen molar-refractivity contribution >= 4 is 17.7 Å². The van der Waals surface area contributed by atoms with Crippen molar-refractivity contribution in [1.82, 2.24) is 24.8 Å². The molecule has 0 amide bonds. The minimum atomic E-state index is -4.45. The van der Waals surface area contributed by atoms with Crippen LogP contribution in [0.15, 0.2) is 61.3 Å². The Morgan fingerprint density at radius 3 is 1.95 bits per heavy atom. The highest BCUT2D eigenvalue weighted by Gasteiger charge is 2.36. The van der Waals surface area contributed by atoms with Crippen molar-refractivity contribution in [2.75, 3.05) is 73.6 Å². The number of anilines is 3. The summed E-state index contributed by atoms with van der Waals surface area (Å²) >= 11 is 0. The van der Waals surface area contributed by atoms with E-state index in [2.05, 4.69) is 21.4 Å². The maximum absolute atomic E-state index is 13.5. The molecule has 0 bridgehead atoms. The number of hydrogen-bond acceptors (Lipinski definition) is 8. The first-order chi connectivity index (χ1) is 17.9. The minimum absolute atomic E-state index is 0.0339. The van der Waals surface area contributed by atoms with Gasteiger partial charge in [0.25, 0.3) is 0 Å². The fourth-order valence-electron chi connectivity index (χ4n) is 4.65. The minimum Gasteiger partial charge on any atom is -0.353 e. The molecule has 194 valence electrons. The summed E-state index contributed by atoms with van der Waals surface area (Å²) in [4.78, 5) is 26.6. The lowest BCUT2D eigenvalue weighted by molar-refractivity contribution is -0.137. The number of alkyl halides is 3. The maximum Gasteiger partial charge on any atom is 0.419 e. The summed E-state index contributed by atoms with van der Waals surface area (Å²) in [6, 6.07) is 12.1. The molecule has 3 aromatic rings. The molecule has 4 heterocycles. The van der Waals surface area contributed by atoms with Gasteiger partial charge in [0.05, 0.1) is 5.56 Å². The molecule has 0 saturated carbocycles. The Labute approximate surface area is 214 Å². The Hall–Kier alpha value is -3.73. The maximum atomic E-state index is 13.5. The summed E-state index contributed by atoms with van der Waals surface area (Å²) in [7, 11) is 0. The number of pyridine rings is 1. The summed E-state index contributed by atoms with van der Waals surface area (Å²) in [5, 5.41) is 0. The molecule has 0 unspecified atom stereocenters. The number of halogens is 3. The zero-order valence-electron chi connectivity index (χ0n) is 20.5. The van der Waals surface area contributed by atoms with E-state index in [9.17, 15) is 13.2 Å². The zero-order chi connectivity index (χ0) is 25.8. The third-order valence-electron chi connectivity index (χ3n) is 6.64. The van der Waals surface area contributed by atoms with E-state index in [-0.39, 0.29) is 5.82 Å². The van der Waals surface area contributed by atoms with Crippen LogP contribution in [-0.2, 0) is 6.18 Å². The van der Waals surface area contributed by atoms with Crippen LogP contribution in [-0.4, -0.2) is 83.7 Å². The van der Waals surface area contributed by atoms with Crippen molar-refractivity contribution in [3.63, 3.8) is 0 Å². The van der Waals surface area contributed by atoms with E-state index in [0.29, 0.717) is 43.9 Å². The van der Waals surface area contributed by atoms with Crippen LogP contribution in [0.2, 0.25) is 0 Å². The lowest BCUT2D eigenvalue weighted by Gasteiger charge is -2.37. The van der Waals surface area contributed by atoms with Gasteiger partial charge in [0, 0.05) is 70.7 Å². The Bertz CT molecular complexity index is 1200. The molecule has 2 aromatic heterocycles. The molecule has 5 rings (SSSR count). The summed E-state index contributed by atoms with van der Waals surface area (Å²) in [5.74, 6) is 1.71. The second-order valence-corrected chi connectivity index (χ2v) is 9.05. The Morgan fingerprint density at radius 1 is 0.757 bits per heavy atom. The van der Waals surface area contributed by atoms with Gasteiger partial charge in [-0.25, -0.2) is 4.98 Å². The van der Waals surface area contributed by atoms with Crippen LogP contribution >= 0.6 is 0 Å². The van der Waals surface area contributed by atoms with E-state index in [1.165, 1.54) is 12.3 Å². The molecule has 37 heavy (non-hydrogen) atoms. The van der Waals surface area contributed by atoms with Gasteiger partial charge in [0.1, 0.15) is 5.82 Å². The van der Waals surface area contributed by atoms with Gasteiger partial charge in [-0.15, -0.1) is 6.58 Å². The van der Waals surface area contributed by atoms with Crippen LogP contribution in [0.5, 0.6) is 0 Å². The summed E-state index contributed by atoms with van der Waals surface area (Å²) in [6.07, 6.45) is -1.15. The van der Waals surface area contributed by atoms with Gasteiger partial charge in [-0.1, -0.05) is 36.4 Å². The number of nitrogens with zero attached hydrogens (tertiary/aromatic N) is 8. The van der Waals surface area contributed by atoms with Gasteiger partial charge in [-0.3, -0.25) is 4.90 Å². The van der Waals surface area contributed by atoms with E-state index >= 15 is 0 Å². The van der Waals surface area contributed by atoms with Crippen LogP contribution in [0.4, 0.5) is 30.9 Å². The van der Waals surface area contributed by atoms with E-state index in [4.69, 9.17) is 15.0 Å². The van der Waals surface area contributed by atoms with Crippen LogP contribution in [0, 0.1) is 0 Å². The van der Waals surface area contributed by atoms with Gasteiger partial charge >= 0.3 is 6.18 Å². The monoisotopic (exact) mass is 510 g/mol.